The molecule has 0 aliphatic carbocycles. The van der Waals surface area contributed by atoms with E-state index in [1.54, 1.807) is 30.2 Å². The number of oxazole rings is 1. The van der Waals surface area contributed by atoms with Crippen LogP contribution in [0.15, 0.2) is 34.9 Å². The van der Waals surface area contributed by atoms with Crippen molar-refractivity contribution in [3.8, 4) is 11.5 Å². The van der Waals surface area contributed by atoms with E-state index in [1.165, 1.54) is 25.0 Å². The zero-order valence-electron chi connectivity index (χ0n) is 11.4. The average Bonchev–Trinajstić information content (AvgIpc) is 3.16. The second-order valence-electron chi connectivity index (χ2n) is 4.90. The summed E-state index contributed by atoms with van der Waals surface area (Å²) >= 11 is 7.01. The van der Waals surface area contributed by atoms with E-state index in [2.05, 4.69) is 9.88 Å². The molecule has 2 aromatic rings. The number of hydrogen-bond acceptors (Lipinski definition) is 4. The van der Waals surface area contributed by atoms with Gasteiger partial charge in [0.2, 0.25) is 5.89 Å². The molecule has 1 aromatic carbocycles. The fourth-order valence-electron chi connectivity index (χ4n) is 2.25. The number of aromatic nitrogens is 1. The van der Waals surface area contributed by atoms with Crippen molar-refractivity contribution in [1.82, 2.24) is 9.88 Å². The van der Waals surface area contributed by atoms with Gasteiger partial charge in [0.25, 0.3) is 0 Å². The summed E-state index contributed by atoms with van der Waals surface area (Å²) in [5.41, 5.74) is 1.47. The third kappa shape index (κ3) is 3.63. The van der Waals surface area contributed by atoms with Gasteiger partial charge in [-0.05, 0) is 31.0 Å². The van der Waals surface area contributed by atoms with E-state index >= 15 is 0 Å². The molecule has 0 amide bonds. The van der Waals surface area contributed by atoms with Gasteiger partial charge < -0.3 is 9.32 Å². The van der Waals surface area contributed by atoms with Crippen molar-refractivity contribution in [2.24, 2.45) is 0 Å². The fraction of sp³-hybridized carbons (Fsp3) is 0.333. The summed E-state index contributed by atoms with van der Waals surface area (Å²) in [4.78, 5) is 6.62. The van der Waals surface area contributed by atoms with E-state index in [-0.39, 0.29) is 5.82 Å². The molecule has 2 heterocycles. The number of thioether (sulfide) groups is 1. The second-order valence-corrected chi connectivity index (χ2v) is 6.51. The minimum Gasteiger partial charge on any atom is -0.444 e. The molecule has 1 fully saturated rings. The van der Waals surface area contributed by atoms with Gasteiger partial charge in [-0.25, -0.2) is 9.37 Å². The molecular formula is C15H15FN2OS2. The lowest BCUT2D eigenvalue weighted by Crippen LogP contribution is -2.23. The van der Waals surface area contributed by atoms with Crippen LogP contribution in [0.25, 0.3) is 11.5 Å². The highest BCUT2D eigenvalue weighted by Crippen LogP contribution is 2.23. The van der Waals surface area contributed by atoms with Crippen LogP contribution in [-0.4, -0.2) is 27.3 Å². The largest absolute Gasteiger partial charge is 0.444 e. The Kier molecular flexibility index (Phi) is 4.55. The Morgan fingerprint density at radius 2 is 2.19 bits per heavy atom. The van der Waals surface area contributed by atoms with Gasteiger partial charge in [0.05, 0.1) is 5.69 Å². The quantitative estimate of drug-likeness (QED) is 0.794. The minimum absolute atomic E-state index is 0.295. The van der Waals surface area contributed by atoms with E-state index in [4.69, 9.17) is 16.6 Å². The SMILES string of the molecule is Fc1cccc(-c2nc(CSC(=S)N3CCCC3)co2)c1. The number of likely N-dealkylation sites (tertiary alicyclic amines) is 1. The summed E-state index contributed by atoms with van der Waals surface area (Å²) in [5, 5.41) is 0. The number of rotatable bonds is 3. The summed E-state index contributed by atoms with van der Waals surface area (Å²) in [5.74, 6) is 0.822. The first-order valence-corrected chi connectivity index (χ1v) is 8.24. The summed E-state index contributed by atoms with van der Waals surface area (Å²) in [7, 11) is 0. The molecule has 0 N–H and O–H groups in total. The van der Waals surface area contributed by atoms with Crippen molar-refractivity contribution in [3.05, 3.63) is 42.0 Å². The first kappa shape index (κ1) is 14.5. The zero-order valence-corrected chi connectivity index (χ0v) is 13.1. The molecule has 0 unspecified atom stereocenters. The van der Waals surface area contributed by atoms with Crippen molar-refractivity contribution in [3.63, 3.8) is 0 Å². The zero-order chi connectivity index (χ0) is 14.7. The predicted octanol–water partition coefficient (Wildman–Crippen LogP) is 4.09. The molecule has 21 heavy (non-hydrogen) atoms. The minimum atomic E-state index is -0.295. The third-order valence-electron chi connectivity index (χ3n) is 3.33. The summed E-state index contributed by atoms with van der Waals surface area (Å²) in [6.45, 7) is 2.11. The Hall–Kier alpha value is -1.40. The topological polar surface area (TPSA) is 29.3 Å². The van der Waals surface area contributed by atoms with Crippen LogP contribution in [0.1, 0.15) is 18.5 Å². The van der Waals surface area contributed by atoms with Crippen LogP contribution >= 0.6 is 24.0 Å². The van der Waals surface area contributed by atoms with Gasteiger partial charge in [-0.2, -0.15) is 0 Å². The molecule has 0 spiro atoms. The number of hydrogen-bond donors (Lipinski definition) is 0. The molecule has 0 atom stereocenters. The molecule has 3 nitrogen and oxygen atoms in total. The van der Waals surface area contributed by atoms with Crippen LogP contribution in [0.3, 0.4) is 0 Å². The monoisotopic (exact) mass is 322 g/mol. The predicted molar refractivity (Wildman–Crippen MR) is 86.6 cm³/mol. The highest BCUT2D eigenvalue weighted by Gasteiger charge is 2.16. The van der Waals surface area contributed by atoms with Crippen molar-refractivity contribution >= 4 is 28.3 Å². The Morgan fingerprint density at radius 1 is 1.38 bits per heavy atom. The first-order chi connectivity index (χ1) is 10.2. The lowest BCUT2D eigenvalue weighted by molar-refractivity contribution is 0.539. The molecule has 1 aromatic heterocycles. The maximum absolute atomic E-state index is 13.2. The van der Waals surface area contributed by atoms with Crippen LogP contribution in [-0.2, 0) is 5.75 Å². The molecule has 1 aliphatic rings. The lowest BCUT2D eigenvalue weighted by atomic mass is 10.2. The second kappa shape index (κ2) is 6.58. The maximum atomic E-state index is 13.2. The molecule has 1 aliphatic heterocycles. The average molecular weight is 322 g/mol. The van der Waals surface area contributed by atoms with Gasteiger partial charge in [-0.1, -0.05) is 30.0 Å². The normalized spacial score (nSPS) is 14.6. The van der Waals surface area contributed by atoms with E-state index in [0.29, 0.717) is 17.2 Å². The number of benzene rings is 1. The van der Waals surface area contributed by atoms with Crippen LogP contribution in [0.2, 0.25) is 0 Å². The van der Waals surface area contributed by atoms with Gasteiger partial charge in [-0.15, -0.1) is 0 Å². The number of thiocarbonyl (C=S) groups is 1. The number of nitrogens with zero attached hydrogens (tertiary/aromatic N) is 2. The van der Waals surface area contributed by atoms with Gasteiger partial charge >= 0.3 is 0 Å². The van der Waals surface area contributed by atoms with E-state index in [1.807, 2.05) is 0 Å². The Labute approximate surface area is 132 Å². The van der Waals surface area contributed by atoms with Gasteiger partial charge in [0.15, 0.2) is 0 Å². The maximum Gasteiger partial charge on any atom is 0.226 e. The van der Waals surface area contributed by atoms with Crippen LogP contribution in [0.4, 0.5) is 4.39 Å². The molecule has 110 valence electrons. The fourth-order valence-corrected chi connectivity index (χ4v) is 3.38. The van der Waals surface area contributed by atoms with Crippen molar-refractivity contribution in [2.45, 2.75) is 18.6 Å². The van der Waals surface area contributed by atoms with Gasteiger partial charge in [0, 0.05) is 24.4 Å². The summed E-state index contributed by atoms with van der Waals surface area (Å²) in [6.07, 6.45) is 4.04. The lowest BCUT2D eigenvalue weighted by Gasteiger charge is -2.16. The molecule has 1 saturated heterocycles. The van der Waals surface area contributed by atoms with Gasteiger partial charge in [-0.3, -0.25) is 0 Å². The third-order valence-corrected chi connectivity index (χ3v) is 4.89. The summed E-state index contributed by atoms with van der Waals surface area (Å²) < 4.78 is 19.5. The molecule has 6 heteroatoms. The highest BCUT2D eigenvalue weighted by atomic mass is 32.2. The van der Waals surface area contributed by atoms with Crippen molar-refractivity contribution < 1.29 is 8.81 Å². The van der Waals surface area contributed by atoms with Crippen LogP contribution in [0.5, 0.6) is 0 Å². The van der Waals surface area contributed by atoms with E-state index in [0.717, 1.165) is 23.1 Å². The standard InChI is InChI=1S/C15H15FN2OS2/c16-12-5-3-4-11(8-12)14-17-13(9-19-14)10-21-15(20)18-6-1-2-7-18/h3-5,8-9H,1-2,6-7,10H2. The molecule has 0 bridgehead atoms. The first-order valence-electron chi connectivity index (χ1n) is 6.84. The van der Waals surface area contributed by atoms with Crippen molar-refractivity contribution in [2.75, 3.05) is 13.1 Å². The molecule has 0 saturated carbocycles. The van der Waals surface area contributed by atoms with E-state index < -0.39 is 0 Å². The van der Waals surface area contributed by atoms with Gasteiger partial charge in [0.1, 0.15) is 16.4 Å². The van der Waals surface area contributed by atoms with Crippen LogP contribution in [0, 0.1) is 5.82 Å². The van der Waals surface area contributed by atoms with Crippen molar-refractivity contribution in [1.29, 1.82) is 0 Å². The molecule has 3 rings (SSSR count). The molecule has 0 radical (unpaired) electrons. The Morgan fingerprint density at radius 3 is 2.95 bits per heavy atom. The van der Waals surface area contributed by atoms with E-state index in [9.17, 15) is 4.39 Å². The van der Waals surface area contributed by atoms with Crippen LogP contribution < -0.4 is 0 Å². The highest BCUT2D eigenvalue weighted by molar-refractivity contribution is 8.22. The Balaban J connectivity index is 1.61. The summed E-state index contributed by atoms with van der Waals surface area (Å²) in [6, 6.07) is 6.24. The Bertz CT molecular complexity index is 638. The smallest absolute Gasteiger partial charge is 0.226 e. The number of halogens is 1. The molecular weight excluding hydrogens is 307 g/mol.